The van der Waals surface area contributed by atoms with Gasteiger partial charge in [0.1, 0.15) is 0 Å². The lowest BCUT2D eigenvalue weighted by Gasteiger charge is -2.22. The van der Waals surface area contributed by atoms with E-state index in [1.54, 1.807) is 0 Å². The zero-order chi connectivity index (χ0) is 15.1. The molecule has 2 aliphatic heterocycles. The van der Waals surface area contributed by atoms with E-state index in [0.29, 0.717) is 17.0 Å². The van der Waals surface area contributed by atoms with E-state index in [2.05, 4.69) is 27.3 Å². The van der Waals surface area contributed by atoms with E-state index in [-0.39, 0.29) is 5.91 Å². The van der Waals surface area contributed by atoms with Crippen LogP contribution in [-0.2, 0) is 0 Å². The molecule has 1 amide bonds. The highest BCUT2D eigenvalue weighted by Crippen LogP contribution is 2.31. The third kappa shape index (κ3) is 2.44. The van der Waals surface area contributed by atoms with Crippen molar-refractivity contribution in [2.75, 3.05) is 19.6 Å². The summed E-state index contributed by atoms with van der Waals surface area (Å²) >= 11 is 1.49. The minimum absolute atomic E-state index is 0.0194. The van der Waals surface area contributed by atoms with E-state index in [4.69, 9.17) is 0 Å². The fourth-order valence-corrected chi connectivity index (χ4v) is 4.50. The van der Waals surface area contributed by atoms with Crippen molar-refractivity contribution in [3.63, 3.8) is 0 Å². The van der Waals surface area contributed by atoms with E-state index in [9.17, 15) is 4.79 Å². The van der Waals surface area contributed by atoms with Gasteiger partial charge in [-0.2, -0.15) is 0 Å². The van der Waals surface area contributed by atoms with Crippen molar-refractivity contribution in [1.29, 1.82) is 0 Å². The number of aryl methyl sites for hydroxylation is 1. The highest BCUT2D eigenvalue weighted by Gasteiger charge is 2.39. The standard InChI is InChI=1S/C17H19N3OS/c1-11-15(12-5-3-2-4-6-12)22-17(18-11)16(21)19-14-10-20-8-7-13(14)9-20/h2-6,13-14H,7-10H2,1H3,(H,19,21)/t13-,14?/m0/s1. The quantitative estimate of drug-likeness (QED) is 0.947. The number of hydrogen-bond acceptors (Lipinski definition) is 4. The molecule has 0 aliphatic carbocycles. The molecule has 0 saturated carbocycles. The summed E-state index contributed by atoms with van der Waals surface area (Å²) in [6, 6.07) is 10.4. The van der Waals surface area contributed by atoms with Crippen LogP contribution in [-0.4, -0.2) is 41.5 Å². The number of benzene rings is 1. The summed E-state index contributed by atoms with van der Waals surface area (Å²) < 4.78 is 0. The summed E-state index contributed by atoms with van der Waals surface area (Å²) in [4.78, 5) is 20.5. The molecule has 2 fully saturated rings. The number of nitrogens with one attached hydrogen (secondary N) is 1. The predicted octanol–water partition coefficient (Wildman–Crippen LogP) is 2.55. The van der Waals surface area contributed by atoms with E-state index >= 15 is 0 Å². The number of aromatic nitrogens is 1. The number of piperidine rings is 1. The first-order valence-corrected chi connectivity index (χ1v) is 8.58. The van der Waals surface area contributed by atoms with Gasteiger partial charge in [-0.3, -0.25) is 4.79 Å². The van der Waals surface area contributed by atoms with Gasteiger partial charge < -0.3 is 10.2 Å². The molecular weight excluding hydrogens is 294 g/mol. The van der Waals surface area contributed by atoms with Crippen LogP contribution in [0.3, 0.4) is 0 Å². The molecule has 22 heavy (non-hydrogen) atoms. The van der Waals surface area contributed by atoms with E-state index in [1.165, 1.54) is 24.3 Å². The fraction of sp³-hybridized carbons (Fsp3) is 0.412. The van der Waals surface area contributed by atoms with Gasteiger partial charge in [-0.05, 0) is 31.4 Å². The molecule has 4 nitrogen and oxygen atoms in total. The van der Waals surface area contributed by atoms with Crippen LogP contribution in [0.4, 0.5) is 0 Å². The first kappa shape index (κ1) is 13.9. The average Bonchev–Trinajstić information content (AvgIpc) is 3.23. The van der Waals surface area contributed by atoms with Crippen LogP contribution in [0.15, 0.2) is 30.3 Å². The molecule has 2 unspecified atom stereocenters. The minimum atomic E-state index is -0.0194. The van der Waals surface area contributed by atoms with Crippen LogP contribution < -0.4 is 5.32 Å². The number of carbonyl (C=O) groups excluding carboxylic acids is 1. The van der Waals surface area contributed by atoms with Gasteiger partial charge in [0.05, 0.1) is 10.6 Å². The molecule has 1 aromatic heterocycles. The van der Waals surface area contributed by atoms with Gasteiger partial charge in [0.15, 0.2) is 5.01 Å². The van der Waals surface area contributed by atoms with Gasteiger partial charge in [0.25, 0.3) is 5.91 Å². The van der Waals surface area contributed by atoms with Gasteiger partial charge >= 0.3 is 0 Å². The van der Waals surface area contributed by atoms with Crippen molar-refractivity contribution < 1.29 is 4.79 Å². The molecule has 4 rings (SSSR count). The fourth-order valence-electron chi connectivity index (χ4n) is 3.53. The van der Waals surface area contributed by atoms with Crippen molar-refractivity contribution in [3.05, 3.63) is 41.0 Å². The second-order valence-electron chi connectivity index (χ2n) is 6.19. The Labute approximate surface area is 134 Å². The molecule has 2 saturated heterocycles. The normalized spacial score (nSPS) is 26.3. The number of amides is 1. The van der Waals surface area contributed by atoms with E-state index < -0.39 is 0 Å². The van der Waals surface area contributed by atoms with Crippen molar-refractivity contribution in [1.82, 2.24) is 15.2 Å². The first-order chi connectivity index (χ1) is 10.7. The van der Waals surface area contributed by atoms with Crippen molar-refractivity contribution in [3.8, 4) is 10.4 Å². The van der Waals surface area contributed by atoms with E-state index in [1.807, 2.05) is 25.1 Å². The third-order valence-electron chi connectivity index (χ3n) is 4.68. The van der Waals surface area contributed by atoms with Gasteiger partial charge in [0.2, 0.25) is 0 Å². The Hall–Kier alpha value is -1.72. The van der Waals surface area contributed by atoms with Crippen LogP contribution in [0.5, 0.6) is 0 Å². The summed E-state index contributed by atoms with van der Waals surface area (Å²) in [5.74, 6) is 0.604. The second-order valence-corrected chi connectivity index (χ2v) is 7.19. The molecule has 5 heteroatoms. The Bertz CT molecular complexity index is 697. The Morgan fingerprint density at radius 3 is 2.82 bits per heavy atom. The summed E-state index contributed by atoms with van der Waals surface area (Å²) in [6.45, 7) is 5.29. The summed E-state index contributed by atoms with van der Waals surface area (Å²) in [7, 11) is 0. The molecule has 2 aliphatic rings. The Kier molecular flexibility index (Phi) is 3.47. The molecule has 3 atom stereocenters. The second kappa shape index (κ2) is 5.48. The molecule has 2 aromatic rings. The zero-order valence-corrected chi connectivity index (χ0v) is 13.4. The molecule has 1 aromatic carbocycles. The van der Waals surface area contributed by atoms with Crippen LogP contribution in [0.25, 0.3) is 10.4 Å². The number of rotatable bonds is 3. The van der Waals surface area contributed by atoms with Gasteiger partial charge in [0, 0.05) is 19.1 Å². The van der Waals surface area contributed by atoms with Gasteiger partial charge in [-0.1, -0.05) is 30.3 Å². The molecule has 1 N–H and O–H groups in total. The molecular formula is C17H19N3OS. The average molecular weight is 313 g/mol. The number of hydrogen-bond donors (Lipinski definition) is 1. The van der Waals surface area contributed by atoms with Crippen LogP contribution in [0.1, 0.15) is 21.9 Å². The van der Waals surface area contributed by atoms with Gasteiger partial charge in [-0.25, -0.2) is 4.98 Å². The van der Waals surface area contributed by atoms with Crippen molar-refractivity contribution in [2.24, 2.45) is 5.92 Å². The van der Waals surface area contributed by atoms with Crippen LogP contribution in [0, 0.1) is 12.8 Å². The maximum absolute atomic E-state index is 12.5. The summed E-state index contributed by atoms with van der Waals surface area (Å²) in [5.41, 5.74) is 2.06. The number of thiazole rings is 1. The number of carbonyl (C=O) groups is 1. The van der Waals surface area contributed by atoms with Crippen molar-refractivity contribution >= 4 is 17.2 Å². The Morgan fingerprint density at radius 2 is 2.14 bits per heavy atom. The topological polar surface area (TPSA) is 45.2 Å². The highest BCUT2D eigenvalue weighted by molar-refractivity contribution is 7.17. The van der Waals surface area contributed by atoms with Gasteiger partial charge in [-0.15, -0.1) is 11.3 Å². The molecule has 0 spiro atoms. The number of fused-ring (bicyclic) bond motifs is 2. The smallest absolute Gasteiger partial charge is 0.280 e. The Morgan fingerprint density at radius 1 is 1.32 bits per heavy atom. The van der Waals surface area contributed by atoms with Crippen LogP contribution >= 0.6 is 11.3 Å². The summed E-state index contributed by atoms with van der Waals surface area (Å²) in [6.07, 6.45) is 1.21. The third-order valence-corrected chi connectivity index (χ3v) is 5.88. The van der Waals surface area contributed by atoms with Crippen LogP contribution in [0.2, 0.25) is 0 Å². The summed E-state index contributed by atoms with van der Waals surface area (Å²) in [5, 5.41) is 3.76. The maximum atomic E-state index is 12.5. The molecule has 0 radical (unpaired) electrons. The minimum Gasteiger partial charge on any atom is -0.346 e. The predicted molar refractivity (Wildman–Crippen MR) is 88.1 cm³/mol. The van der Waals surface area contributed by atoms with Crippen molar-refractivity contribution in [2.45, 2.75) is 19.4 Å². The first-order valence-electron chi connectivity index (χ1n) is 7.77. The molecule has 3 heterocycles. The zero-order valence-electron chi connectivity index (χ0n) is 12.6. The largest absolute Gasteiger partial charge is 0.346 e. The van der Waals surface area contributed by atoms with E-state index in [0.717, 1.165) is 29.2 Å². The highest BCUT2D eigenvalue weighted by atomic mass is 32.1. The maximum Gasteiger partial charge on any atom is 0.280 e. The molecule has 2 bridgehead atoms. The Balaban J connectivity index is 1.52. The monoisotopic (exact) mass is 313 g/mol. The lowest BCUT2D eigenvalue weighted by Crippen LogP contribution is -2.43. The molecule has 114 valence electrons. The lowest BCUT2D eigenvalue weighted by atomic mass is 10.0. The lowest BCUT2D eigenvalue weighted by molar-refractivity contribution is 0.0924. The SMILES string of the molecule is Cc1nc(C(=O)NC2CN3CC[C@H]2C3)sc1-c1ccccc1. The number of nitrogens with zero attached hydrogens (tertiary/aromatic N) is 2.